The topological polar surface area (TPSA) is 24.9 Å². The molecule has 2 atom stereocenters. The Morgan fingerprint density at radius 3 is 3.07 bits per heavy atom. The van der Waals surface area contributed by atoms with Crippen molar-refractivity contribution in [3.8, 4) is 0 Å². The number of nitrogens with one attached hydrogen (secondary N) is 1. The summed E-state index contributed by atoms with van der Waals surface area (Å²) in [6, 6.07) is 2.84. The molecule has 1 aromatic heterocycles. The average Bonchev–Trinajstić information content (AvgIpc) is 2.19. The molecule has 0 unspecified atom stereocenters. The predicted octanol–water partition coefficient (Wildman–Crippen LogP) is 2.16. The van der Waals surface area contributed by atoms with Crippen LogP contribution in [-0.2, 0) is 0 Å². The van der Waals surface area contributed by atoms with Gasteiger partial charge < -0.3 is 5.32 Å². The maximum atomic E-state index is 4.27. The second-order valence-corrected chi connectivity index (χ2v) is 4.63. The van der Waals surface area contributed by atoms with Gasteiger partial charge in [0.1, 0.15) is 0 Å². The number of rotatable bonds is 1. The van der Waals surface area contributed by atoms with Gasteiger partial charge in [0.2, 0.25) is 0 Å². The fraction of sp³-hybridized carbons (Fsp3) is 0.462. The molecule has 1 aromatic rings. The third-order valence-corrected chi connectivity index (χ3v) is 3.52. The summed E-state index contributed by atoms with van der Waals surface area (Å²) in [7, 11) is 0. The molecular formula is C13H16N2. The number of pyridine rings is 1. The van der Waals surface area contributed by atoms with E-state index in [1.807, 2.05) is 12.4 Å². The first-order valence-electron chi connectivity index (χ1n) is 5.70. The van der Waals surface area contributed by atoms with Crippen LogP contribution >= 0.6 is 0 Å². The van der Waals surface area contributed by atoms with Crippen LogP contribution in [0.1, 0.15) is 24.0 Å². The summed E-state index contributed by atoms with van der Waals surface area (Å²) in [4.78, 5) is 4.27. The van der Waals surface area contributed by atoms with Crippen molar-refractivity contribution >= 4 is 5.57 Å². The maximum Gasteiger partial charge on any atom is 0.0364 e. The largest absolute Gasteiger partial charge is 0.309 e. The first kappa shape index (κ1) is 9.10. The maximum absolute atomic E-state index is 4.27. The number of nitrogens with zero attached hydrogens (tertiary/aromatic N) is 1. The van der Waals surface area contributed by atoms with Crippen molar-refractivity contribution in [2.24, 2.45) is 5.92 Å². The molecule has 0 saturated carbocycles. The number of hydrogen-bond acceptors (Lipinski definition) is 2. The minimum atomic E-state index is 0.599. The van der Waals surface area contributed by atoms with Gasteiger partial charge in [-0.2, -0.15) is 0 Å². The molecule has 15 heavy (non-hydrogen) atoms. The van der Waals surface area contributed by atoms with Crippen LogP contribution in [0.25, 0.3) is 5.57 Å². The van der Waals surface area contributed by atoms with Gasteiger partial charge in [-0.1, -0.05) is 6.08 Å². The van der Waals surface area contributed by atoms with Crippen molar-refractivity contribution < 1.29 is 0 Å². The van der Waals surface area contributed by atoms with Crippen LogP contribution in [0.5, 0.6) is 0 Å². The standard InChI is InChI=1S/C13H16N2/c1-9-5-11(7-14-6-9)12-4-2-3-10-8-15-13(10)12/h4-7,10,13,15H,2-3,8H2,1H3/t10-,13+/m0/s1. The van der Waals surface area contributed by atoms with E-state index in [9.17, 15) is 0 Å². The Labute approximate surface area is 90.4 Å². The fourth-order valence-corrected chi connectivity index (χ4v) is 2.63. The molecule has 1 aliphatic carbocycles. The van der Waals surface area contributed by atoms with E-state index in [2.05, 4.69) is 29.4 Å². The van der Waals surface area contributed by atoms with Crippen LogP contribution in [0.15, 0.2) is 24.5 Å². The molecule has 3 rings (SSSR count). The van der Waals surface area contributed by atoms with Gasteiger partial charge in [0, 0.05) is 25.0 Å². The zero-order valence-corrected chi connectivity index (χ0v) is 9.03. The third kappa shape index (κ3) is 1.49. The second-order valence-electron chi connectivity index (χ2n) is 4.63. The highest BCUT2D eigenvalue weighted by Gasteiger charge is 2.35. The minimum absolute atomic E-state index is 0.599. The van der Waals surface area contributed by atoms with E-state index in [-0.39, 0.29) is 0 Å². The Morgan fingerprint density at radius 2 is 2.33 bits per heavy atom. The van der Waals surface area contributed by atoms with E-state index in [1.165, 1.54) is 36.1 Å². The lowest BCUT2D eigenvalue weighted by Gasteiger charge is -2.42. The molecule has 0 spiro atoms. The Hall–Kier alpha value is -1.15. The van der Waals surface area contributed by atoms with Crippen LogP contribution in [-0.4, -0.2) is 17.6 Å². The average molecular weight is 200 g/mol. The molecule has 78 valence electrons. The van der Waals surface area contributed by atoms with Gasteiger partial charge in [-0.15, -0.1) is 0 Å². The van der Waals surface area contributed by atoms with Crippen molar-refractivity contribution in [2.75, 3.05) is 6.54 Å². The molecule has 0 bridgehead atoms. The lowest BCUT2D eigenvalue weighted by atomic mass is 9.76. The molecule has 1 N–H and O–H groups in total. The quantitative estimate of drug-likeness (QED) is 0.751. The monoisotopic (exact) mass is 200 g/mol. The van der Waals surface area contributed by atoms with Gasteiger partial charge in [0.25, 0.3) is 0 Å². The van der Waals surface area contributed by atoms with Crippen molar-refractivity contribution in [3.63, 3.8) is 0 Å². The Bertz CT molecular complexity index is 409. The molecule has 0 amide bonds. The van der Waals surface area contributed by atoms with Gasteiger partial charge in [-0.3, -0.25) is 4.98 Å². The smallest absolute Gasteiger partial charge is 0.0364 e. The molecule has 0 radical (unpaired) electrons. The molecule has 1 aliphatic heterocycles. The minimum Gasteiger partial charge on any atom is -0.309 e. The van der Waals surface area contributed by atoms with E-state index in [0.717, 1.165) is 5.92 Å². The van der Waals surface area contributed by atoms with Gasteiger partial charge in [-0.25, -0.2) is 0 Å². The number of allylic oxidation sites excluding steroid dienone is 1. The van der Waals surface area contributed by atoms with Crippen LogP contribution < -0.4 is 5.32 Å². The molecule has 2 heterocycles. The molecule has 2 nitrogen and oxygen atoms in total. The Balaban J connectivity index is 1.96. The number of fused-ring (bicyclic) bond motifs is 1. The number of aryl methyl sites for hydroxylation is 1. The molecule has 1 saturated heterocycles. The highest BCUT2D eigenvalue weighted by Crippen LogP contribution is 2.35. The fourth-order valence-electron chi connectivity index (χ4n) is 2.63. The van der Waals surface area contributed by atoms with Gasteiger partial charge >= 0.3 is 0 Å². The summed E-state index contributed by atoms with van der Waals surface area (Å²) >= 11 is 0. The molecule has 2 heteroatoms. The summed E-state index contributed by atoms with van der Waals surface area (Å²) in [5, 5.41) is 3.52. The van der Waals surface area contributed by atoms with E-state index >= 15 is 0 Å². The zero-order valence-electron chi connectivity index (χ0n) is 9.03. The molecule has 2 aliphatic rings. The summed E-state index contributed by atoms with van der Waals surface area (Å²) < 4.78 is 0. The van der Waals surface area contributed by atoms with E-state index in [0.29, 0.717) is 6.04 Å². The predicted molar refractivity (Wildman–Crippen MR) is 61.5 cm³/mol. The van der Waals surface area contributed by atoms with Gasteiger partial charge in [0.15, 0.2) is 0 Å². The molecular weight excluding hydrogens is 184 g/mol. The lowest BCUT2D eigenvalue weighted by molar-refractivity contribution is 0.262. The highest BCUT2D eigenvalue weighted by atomic mass is 15.0. The second kappa shape index (κ2) is 3.46. The Kier molecular flexibility index (Phi) is 2.10. The summed E-state index contributed by atoms with van der Waals surface area (Å²) in [5.41, 5.74) is 4.01. The number of hydrogen-bond donors (Lipinski definition) is 1. The van der Waals surface area contributed by atoms with Gasteiger partial charge in [-0.05, 0) is 48.4 Å². The normalized spacial score (nSPS) is 29.0. The third-order valence-electron chi connectivity index (χ3n) is 3.52. The van der Waals surface area contributed by atoms with Crippen LogP contribution in [0, 0.1) is 12.8 Å². The van der Waals surface area contributed by atoms with Crippen molar-refractivity contribution in [3.05, 3.63) is 35.7 Å². The summed E-state index contributed by atoms with van der Waals surface area (Å²) in [6.07, 6.45) is 8.86. The van der Waals surface area contributed by atoms with Crippen molar-refractivity contribution in [2.45, 2.75) is 25.8 Å². The van der Waals surface area contributed by atoms with Crippen LogP contribution in [0.4, 0.5) is 0 Å². The van der Waals surface area contributed by atoms with Crippen molar-refractivity contribution in [1.82, 2.24) is 10.3 Å². The lowest BCUT2D eigenvalue weighted by Crippen LogP contribution is -2.54. The van der Waals surface area contributed by atoms with Crippen LogP contribution in [0.3, 0.4) is 0 Å². The van der Waals surface area contributed by atoms with E-state index < -0.39 is 0 Å². The number of aromatic nitrogens is 1. The summed E-state index contributed by atoms with van der Waals surface area (Å²) in [5.74, 6) is 0.866. The van der Waals surface area contributed by atoms with Gasteiger partial charge in [0.05, 0.1) is 0 Å². The SMILES string of the molecule is Cc1cncc(C2=CCC[C@H]3CN[C@@H]23)c1. The summed E-state index contributed by atoms with van der Waals surface area (Å²) in [6.45, 7) is 3.30. The van der Waals surface area contributed by atoms with E-state index in [1.54, 1.807) is 0 Å². The first-order chi connectivity index (χ1) is 7.34. The van der Waals surface area contributed by atoms with Crippen molar-refractivity contribution in [1.29, 1.82) is 0 Å². The zero-order chi connectivity index (χ0) is 10.3. The van der Waals surface area contributed by atoms with E-state index in [4.69, 9.17) is 0 Å². The molecule has 0 aromatic carbocycles. The molecule has 1 fully saturated rings. The first-order valence-corrected chi connectivity index (χ1v) is 5.70. The Morgan fingerprint density at radius 1 is 1.40 bits per heavy atom. The highest BCUT2D eigenvalue weighted by molar-refractivity contribution is 5.71. The van der Waals surface area contributed by atoms with Crippen LogP contribution in [0.2, 0.25) is 0 Å².